The smallest absolute Gasteiger partial charge is 0.282 e. The molecule has 2 amide bonds. The van der Waals surface area contributed by atoms with E-state index in [-0.39, 0.29) is 52.1 Å². The van der Waals surface area contributed by atoms with Gasteiger partial charge in [-0.1, -0.05) is 12.1 Å². The van der Waals surface area contributed by atoms with Crippen LogP contribution in [-0.4, -0.2) is 32.4 Å². The highest BCUT2D eigenvalue weighted by Crippen LogP contribution is 2.58. The van der Waals surface area contributed by atoms with Crippen LogP contribution in [-0.2, 0) is 17.8 Å². The van der Waals surface area contributed by atoms with E-state index in [1.54, 1.807) is 12.1 Å². The number of nitrogens with two attached hydrogens (primary N) is 1. The molecule has 3 N–H and O–H groups in total. The number of amides is 2. The minimum atomic E-state index is -2.93. The molecular formula is C30H22F5N5O3. The Kier molecular flexibility index (Phi) is 7.03. The topological polar surface area (TPSA) is 120 Å². The van der Waals surface area contributed by atoms with Crippen molar-refractivity contribution in [2.45, 2.75) is 37.8 Å². The van der Waals surface area contributed by atoms with Crippen molar-refractivity contribution in [2.24, 2.45) is 11.7 Å². The first kappa shape index (κ1) is 28.2. The van der Waals surface area contributed by atoms with E-state index in [1.165, 1.54) is 18.3 Å². The first-order valence-electron chi connectivity index (χ1n) is 13.2. The summed E-state index contributed by atoms with van der Waals surface area (Å²) >= 11 is 0. The van der Waals surface area contributed by atoms with Crippen LogP contribution < -0.4 is 11.1 Å². The second-order valence-electron chi connectivity index (χ2n) is 10.5. The fourth-order valence-electron chi connectivity index (χ4n) is 5.75. The third-order valence-corrected chi connectivity index (χ3v) is 7.66. The van der Waals surface area contributed by atoms with Crippen molar-refractivity contribution in [1.29, 1.82) is 0 Å². The van der Waals surface area contributed by atoms with Crippen LogP contribution in [0, 0.1) is 23.4 Å². The summed E-state index contributed by atoms with van der Waals surface area (Å²) in [5.74, 6) is -5.34. The van der Waals surface area contributed by atoms with E-state index in [0.29, 0.717) is 23.6 Å². The van der Waals surface area contributed by atoms with E-state index in [1.807, 2.05) is 0 Å². The number of hydrogen-bond acceptors (Lipinski definition) is 5. The van der Waals surface area contributed by atoms with E-state index in [2.05, 4.69) is 15.4 Å². The summed E-state index contributed by atoms with van der Waals surface area (Å²) in [5.41, 5.74) is 5.58. The molecule has 220 valence electrons. The van der Waals surface area contributed by atoms with Crippen molar-refractivity contribution in [1.82, 2.24) is 20.1 Å². The number of nitrogens with zero attached hydrogens (tertiary/aromatic N) is 3. The fourth-order valence-corrected chi connectivity index (χ4v) is 5.75. The lowest BCUT2D eigenvalue weighted by molar-refractivity contribution is -0.122. The number of primary amides is 1. The van der Waals surface area contributed by atoms with Gasteiger partial charge in [0.2, 0.25) is 5.91 Å². The monoisotopic (exact) mass is 595 g/mol. The van der Waals surface area contributed by atoms with Gasteiger partial charge in [-0.15, -0.1) is 0 Å². The number of Topliss-reactive ketones (excluding diaryl/α,β-unsaturated/α-hetero) is 1. The molecule has 0 aliphatic heterocycles. The third-order valence-electron chi connectivity index (χ3n) is 7.66. The number of pyridine rings is 1. The Morgan fingerprint density at radius 2 is 1.77 bits per heavy atom. The van der Waals surface area contributed by atoms with Crippen molar-refractivity contribution in [3.05, 3.63) is 106 Å². The SMILES string of the molecule is NC(=O)c1cc(-c2cccnc2C(Cc2cc(F)cc(F)c2)NC(=O)Cn2nc(C(F)F)c3c2C(=O)C2CC32)ccc1F. The lowest BCUT2D eigenvalue weighted by Gasteiger charge is -2.22. The molecule has 43 heavy (non-hydrogen) atoms. The zero-order chi connectivity index (χ0) is 30.6. The molecule has 3 atom stereocenters. The summed E-state index contributed by atoms with van der Waals surface area (Å²) in [6.07, 6.45) is -1.23. The van der Waals surface area contributed by atoms with Crippen molar-refractivity contribution >= 4 is 17.6 Å². The van der Waals surface area contributed by atoms with Gasteiger partial charge in [-0.25, -0.2) is 22.0 Å². The van der Waals surface area contributed by atoms with Gasteiger partial charge in [0.25, 0.3) is 12.3 Å². The summed E-state index contributed by atoms with van der Waals surface area (Å²) in [4.78, 5) is 42.3. The minimum Gasteiger partial charge on any atom is -0.366 e. The first-order valence-corrected chi connectivity index (χ1v) is 13.2. The van der Waals surface area contributed by atoms with E-state index in [4.69, 9.17) is 5.73 Å². The summed E-state index contributed by atoms with van der Waals surface area (Å²) in [6.45, 7) is -0.585. The number of benzene rings is 2. The highest BCUT2D eigenvalue weighted by Gasteiger charge is 2.56. The van der Waals surface area contributed by atoms with Crippen molar-refractivity contribution in [2.75, 3.05) is 0 Å². The molecular weight excluding hydrogens is 573 g/mol. The molecule has 2 aliphatic rings. The summed E-state index contributed by atoms with van der Waals surface area (Å²) < 4.78 is 70.8. The maximum Gasteiger partial charge on any atom is 0.282 e. The second-order valence-corrected chi connectivity index (χ2v) is 10.5. The first-order chi connectivity index (χ1) is 20.5. The van der Waals surface area contributed by atoms with Gasteiger partial charge in [0, 0.05) is 29.3 Å². The van der Waals surface area contributed by atoms with Gasteiger partial charge in [0.1, 0.15) is 35.4 Å². The van der Waals surface area contributed by atoms with Crippen LogP contribution in [0.5, 0.6) is 0 Å². The Hall–Kier alpha value is -4.94. The zero-order valence-corrected chi connectivity index (χ0v) is 22.2. The highest BCUT2D eigenvalue weighted by atomic mass is 19.3. The molecule has 1 fully saturated rings. The van der Waals surface area contributed by atoms with E-state index >= 15 is 0 Å². The second kappa shape index (κ2) is 10.7. The predicted molar refractivity (Wildman–Crippen MR) is 141 cm³/mol. The largest absolute Gasteiger partial charge is 0.366 e. The number of ketones is 1. The van der Waals surface area contributed by atoms with Crippen molar-refractivity contribution < 1.29 is 36.3 Å². The molecule has 13 heteroatoms. The number of nitrogens with one attached hydrogen (secondary N) is 1. The summed E-state index contributed by atoms with van der Waals surface area (Å²) in [6, 6.07) is 8.56. The van der Waals surface area contributed by atoms with E-state index < -0.39 is 54.0 Å². The highest BCUT2D eigenvalue weighted by molar-refractivity contribution is 6.05. The van der Waals surface area contributed by atoms with Gasteiger partial charge in [0.05, 0.1) is 17.3 Å². The van der Waals surface area contributed by atoms with Crippen molar-refractivity contribution in [3.8, 4) is 11.1 Å². The molecule has 6 rings (SSSR count). The third kappa shape index (κ3) is 5.26. The van der Waals surface area contributed by atoms with Crippen LogP contribution in [0.4, 0.5) is 22.0 Å². The number of rotatable bonds is 9. The maximum absolute atomic E-state index is 14.2. The molecule has 2 aromatic heterocycles. The van der Waals surface area contributed by atoms with Crippen molar-refractivity contribution in [3.63, 3.8) is 0 Å². The molecule has 2 heterocycles. The lowest BCUT2D eigenvalue weighted by Crippen LogP contribution is -2.34. The van der Waals surface area contributed by atoms with Gasteiger partial charge in [-0.3, -0.25) is 24.0 Å². The minimum absolute atomic E-state index is 0.0146. The quantitative estimate of drug-likeness (QED) is 0.270. The summed E-state index contributed by atoms with van der Waals surface area (Å²) in [5, 5.41) is 6.60. The van der Waals surface area contributed by atoms with Gasteiger partial charge in [-0.05, 0) is 60.2 Å². The van der Waals surface area contributed by atoms with E-state index in [9.17, 15) is 36.3 Å². The maximum atomic E-state index is 14.2. The Labute approximate surface area is 240 Å². The molecule has 0 bridgehead atoms. The fraction of sp³-hybridized carbons (Fsp3) is 0.233. The number of carbonyl (C=O) groups is 3. The van der Waals surface area contributed by atoms with Gasteiger partial charge in [-0.2, -0.15) is 5.10 Å². The molecule has 4 aromatic rings. The summed E-state index contributed by atoms with van der Waals surface area (Å²) in [7, 11) is 0. The molecule has 2 aromatic carbocycles. The van der Waals surface area contributed by atoms with Crippen LogP contribution in [0.3, 0.4) is 0 Å². The Morgan fingerprint density at radius 1 is 1.02 bits per heavy atom. The Bertz CT molecular complexity index is 1790. The molecule has 0 saturated heterocycles. The van der Waals surface area contributed by atoms with Crippen LogP contribution in [0.1, 0.15) is 68.2 Å². The Morgan fingerprint density at radius 3 is 2.47 bits per heavy atom. The van der Waals surface area contributed by atoms with Crippen LogP contribution in [0.2, 0.25) is 0 Å². The van der Waals surface area contributed by atoms with Gasteiger partial charge < -0.3 is 11.1 Å². The molecule has 2 aliphatic carbocycles. The van der Waals surface area contributed by atoms with Gasteiger partial charge >= 0.3 is 0 Å². The number of aromatic nitrogens is 3. The molecule has 3 unspecified atom stereocenters. The molecule has 0 spiro atoms. The number of fused-ring (bicyclic) bond motifs is 3. The number of halogens is 5. The standard InChI is InChI=1S/C30H22F5N5O3/c31-15-6-13(7-16(32)10-15)8-22(25-17(2-1-5-37-25)14-3-4-21(33)20(9-14)30(36)43)38-23(41)12-40-27-24(26(39-40)29(34)35)18-11-19(18)28(27)42/h1-7,9-10,18-19,22,29H,8,11-12H2,(H2,36,43)(H,38,41). The molecule has 1 saturated carbocycles. The number of alkyl halides is 2. The van der Waals surface area contributed by atoms with E-state index in [0.717, 1.165) is 22.9 Å². The zero-order valence-electron chi connectivity index (χ0n) is 22.2. The molecule has 0 radical (unpaired) electrons. The lowest BCUT2D eigenvalue weighted by atomic mass is 9.94. The Balaban J connectivity index is 1.37. The van der Waals surface area contributed by atoms with Crippen LogP contribution in [0.25, 0.3) is 11.1 Å². The van der Waals surface area contributed by atoms with Gasteiger partial charge in [0.15, 0.2) is 5.78 Å². The average molecular weight is 596 g/mol. The number of hydrogen-bond donors (Lipinski definition) is 2. The molecule has 8 nitrogen and oxygen atoms in total. The van der Waals surface area contributed by atoms with Crippen LogP contribution >= 0.6 is 0 Å². The normalized spacial score (nSPS) is 17.5. The average Bonchev–Trinajstić information content (AvgIpc) is 3.57. The predicted octanol–water partition coefficient (Wildman–Crippen LogP) is 4.80. The number of carbonyl (C=O) groups excluding carboxylic acids is 3. The van der Waals surface area contributed by atoms with Crippen LogP contribution in [0.15, 0.2) is 54.7 Å².